The minimum absolute atomic E-state index is 0.255. The molecule has 1 aromatic heterocycles. The van der Waals surface area contributed by atoms with Crippen LogP contribution in [0, 0.1) is 0 Å². The molecule has 0 aliphatic heterocycles. The molecule has 5 nitrogen and oxygen atoms in total. The maximum atomic E-state index is 12.2. The maximum Gasteiger partial charge on any atom is 0.339 e. The summed E-state index contributed by atoms with van der Waals surface area (Å²) < 4.78 is 6.06. The SMILES string of the molecule is CC(OC(=O)c1ccccc1Br)c1nc2ccccc2c(=O)[nH]1. The molecule has 1 N–H and O–H groups in total. The number of aromatic amines is 1. The average molecular weight is 373 g/mol. The predicted molar refractivity (Wildman–Crippen MR) is 90.3 cm³/mol. The van der Waals surface area contributed by atoms with Gasteiger partial charge in [-0.3, -0.25) is 4.79 Å². The lowest BCUT2D eigenvalue weighted by Gasteiger charge is -2.13. The van der Waals surface area contributed by atoms with E-state index in [-0.39, 0.29) is 5.56 Å². The molecule has 0 aliphatic rings. The lowest BCUT2D eigenvalue weighted by molar-refractivity contribution is 0.0319. The third-order valence-corrected chi connectivity index (χ3v) is 4.09. The lowest BCUT2D eigenvalue weighted by atomic mass is 10.2. The number of benzene rings is 2. The van der Waals surface area contributed by atoms with Crippen molar-refractivity contribution in [3.63, 3.8) is 0 Å². The normalized spacial score (nSPS) is 12.1. The molecule has 0 spiro atoms. The van der Waals surface area contributed by atoms with Crippen LogP contribution in [0.1, 0.15) is 29.2 Å². The first kappa shape index (κ1) is 15.4. The zero-order valence-corrected chi connectivity index (χ0v) is 13.8. The van der Waals surface area contributed by atoms with Crippen LogP contribution in [-0.2, 0) is 4.74 Å². The van der Waals surface area contributed by atoms with Crippen molar-refractivity contribution in [2.75, 3.05) is 0 Å². The van der Waals surface area contributed by atoms with E-state index >= 15 is 0 Å². The number of nitrogens with one attached hydrogen (secondary N) is 1. The molecule has 6 heteroatoms. The number of carbonyl (C=O) groups excluding carboxylic acids is 1. The second kappa shape index (κ2) is 6.34. The summed E-state index contributed by atoms with van der Waals surface area (Å²) in [6, 6.07) is 14.0. The van der Waals surface area contributed by atoms with E-state index in [0.29, 0.717) is 26.8 Å². The Kier molecular flexibility index (Phi) is 4.25. The third kappa shape index (κ3) is 3.17. The number of carbonyl (C=O) groups is 1. The monoisotopic (exact) mass is 372 g/mol. The van der Waals surface area contributed by atoms with E-state index in [1.54, 1.807) is 49.4 Å². The van der Waals surface area contributed by atoms with Gasteiger partial charge in [0.05, 0.1) is 16.5 Å². The number of halogens is 1. The first-order chi connectivity index (χ1) is 11.1. The van der Waals surface area contributed by atoms with Gasteiger partial charge in [0.1, 0.15) is 0 Å². The summed E-state index contributed by atoms with van der Waals surface area (Å²) in [5.41, 5.74) is 0.729. The van der Waals surface area contributed by atoms with Crippen molar-refractivity contribution in [2.45, 2.75) is 13.0 Å². The van der Waals surface area contributed by atoms with Crippen LogP contribution in [0.5, 0.6) is 0 Å². The molecule has 3 rings (SSSR count). The molecule has 1 unspecified atom stereocenters. The highest BCUT2D eigenvalue weighted by atomic mass is 79.9. The fourth-order valence-electron chi connectivity index (χ4n) is 2.20. The number of H-pyrrole nitrogens is 1. The Bertz CT molecular complexity index is 936. The summed E-state index contributed by atoms with van der Waals surface area (Å²) in [7, 11) is 0. The van der Waals surface area contributed by atoms with Gasteiger partial charge in [-0.2, -0.15) is 0 Å². The largest absolute Gasteiger partial charge is 0.451 e. The predicted octanol–water partition coefficient (Wildman–Crippen LogP) is 3.60. The van der Waals surface area contributed by atoms with Crippen LogP contribution >= 0.6 is 15.9 Å². The van der Waals surface area contributed by atoms with Crippen molar-refractivity contribution in [1.29, 1.82) is 0 Å². The first-order valence-corrected chi connectivity index (χ1v) is 7.80. The Balaban J connectivity index is 1.89. The third-order valence-electron chi connectivity index (χ3n) is 3.39. The van der Waals surface area contributed by atoms with Crippen LogP contribution in [0.2, 0.25) is 0 Å². The Morgan fingerprint density at radius 3 is 2.65 bits per heavy atom. The Morgan fingerprint density at radius 2 is 1.87 bits per heavy atom. The fraction of sp³-hybridized carbons (Fsp3) is 0.118. The van der Waals surface area contributed by atoms with E-state index in [0.717, 1.165) is 0 Å². The summed E-state index contributed by atoms with van der Waals surface area (Å²) in [6.45, 7) is 1.67. The number of rotatable bonds is 3. The van der Waals surface area contributed by atoms with E-state index in [9.17, 15) is 9.59 Å². The van der Waals surface area contributed by atoms with Crippen molar-refractivity contribution in [2.24, 2.45) is 0 Å². The highest BCUT2D eigenvalue weighted by Crippen LogP contribution is 2.21. The molecular formula is C17H13BrN2O3. The fourth-order valence-corrected chi connectivity index (χ4v) is 2.65. The second-order valence-electron chi connectivity index (χ2n) is 5.00. The van der Waals surface area contributed by atoms with E-state index < -0.39 is 12.1 Å². The van der Waals surface area contributed by atoms with Gasteiger partial charge in [0.25, 0.3) is 5.56 Å². The molecule has 0 saturated carbocycles. The van der Waals surface area contributed by atoms with Gasteiger partial charge in [0.2, 0.25) is 0 Å². The van der Waals surface area contributed by atoms with Crippen LogP contribution in [0.15, 0.2) is 57.8 Å². The summed E-state index contributed by atoms with van der Waals surface area (Å²) in [5.74, 6) is -0.171. The quantitative estimate of drug-likeness (QED) is 0.712. The highest BCUT2D eigenvalue weighted by molar-refractivity contribution is 9.10. The van der Waals surface area contributed by atoms with Crippen LogP contribution in [0.4, 0.5) is 0 Å². The number of fused-ring (bicyclic) bond motifs is 1. The van der Waals surface area contributed by atoms with Crippen molar-refractivity contribution in [3.8, 4) is 0 Å². The van der Waals surface area contributed by atoms with Gasteiger partial charge < -0.3 is 9.72 Å². The van der Waals surface area contributed by atoms with Gasteiger partial charge in [-0.05, 0) is 47.1 Å². The molecular weight excluding hydrogens is 360 g/mol. The van der Waals surface area contributed by atoms with Crippen LogP contribution in [-0.4, -0.2) is 15.9 Å². The minimum atomic E-state index is -0.674. The molecule has 116 valence electrons. The Labute approximate surface area is 140 Å². The molecule has 0 saturated heterocycles. The average Bonchev–Trinajstić information content (AvgIpc) is 2.55. The molecule has 0 fully saturated rings. The van der Waals surface area contributed by atoms with E-state index in [2.05, 4.69) is 25.9 Å². The number of hydrogen-bond donors (Lipinski definition) is 1. The number of ether oxygens (including phenoxy) is 1. The molecule has 23 heavy (non-hydrogen) atoms. The van der Waals surface area contributed by atoms with Crippen molar-refractivity contribution >= 4 is 32.8 Å². The minimum Gasteiger partial charge on any atom is -0.451 e. The first-order valence-electron chi connectivity index (χ1n) is 7.00. The smallest absolute Gasteiger partial charge is 0.339 e. The van der Waals surface area contributed by atoms with Gasteiger partial charge in [-0.15, -0.1) is 0 Å². The van der Waals surface area contributed by atoms with Crippen molar-refractivity contribution < 1.29 is 9.53 Å². The van der Waals surface area contributed by atoms with Crippen molar-refractivity contribution in [3.05, 3.63) is 74.7 Å². The molecule has 3 aromatic rings. The summed E-state index contributed by atoms with van der Waals surface area (Å²) >= 11 is 3.31. The lowest BCUT2D eigenvalue weighted by Crippen LogP contribution is -2.17. The molecule has 1 heterocycles. The van der Waals surface area contributed by atoms with Crippen molar-refractivity contribution in [1.82, 2.24) is 9.97 Å². The summed E-state index contributed by atoms with van der Waals surface area (Å²) in [4.78, 5) is 31.3. The second-order valence-corrected chi connectivity index (χ2v) is 5.85. The number of para-hydroxylation sites is 1. The van der Waals surface area contributed by atoms with Crippen LogP contribution in [0.25, 0.3) is 10.9 Å². The van der Waals surface area contributed by atoms with Gasteiger partial charge in [-0.1, -0.05) is 24.3 Å². The topological polar surface area (TPSA) is 72.0 Å². The highest BCUT2D eigenvalue weighted by Gasteiger charge is 2.18. The Hall–Kier alpha value is -2.47. The number of aromatic nitrogens is 2. The van der Waals surface area contributed by atoms with E-state index in [1.807, 2.05) is 6.07 Å². The zero-order chi connectivity index (χ0) is 16.4. The van der Waals surface area contributed by atoms with Crippen LogP contribution in [0.3, 0.4) is 0 Å². The van der Waals surface area contributed by atoms with E-state index in [4.69, 9.17) is 4.74 Å². The standard InChI is InChI=1S/C17H13BrN2O3/c1-10(23-17(22)11-6-2-4-8-13(11)18)15-19-14-9-5-3-7-12(14)16(21)20-15/h2-10H,1H3,(H,19,20,21). The molecule has 0 aliphatic carbocycles. The number of esters is 1. The van der Waals surface area contributed by atoms with Gasteiger partial charge >= 0.3 is 5.97 Å². The molecule has 0 bridgehead atoms. The summed E-state index contributed by atoms with van der Waals surface area (Å²) in [5, 5.41) is 0.501. The van der Waals surface area contributed by atoms with Gasteiger partial charge in [0, 0.05) is 4.47 Å². The molecule has 1 atom stereocenters. The molecule has 0 radical (unpaired) electrons. The maximum absolute atomic E-state index is 12.2. The van der Waals surface area contributed by atoms with Gasteiger partial charge in [-0.25, -0.2) is 9.78 Å². The van der Waals surface area contributed by atoms with E-state index in [1.165, 1.54) is 0 Å². The number of nitrogens with zero attached hydrogens (tertiary/aromatic N) is 1. The summed E-state index contributed by atoms with van der Waals surface area (Å²) in [6.07, 6.45) is -0.674. The molecule has 0 amide bonds. The van der Waals surface area contributed by atoms with Gasteiger partial charge in [0.15, 0.2) is 11.9 Å². The zero-order valence-electron chi connectivity index (χ0n) is 12.2. The number of hydrogen-bond acceptors (Lipinski definition) is 4. The van der Waals surface area contributed by atoms with Crippen LogP contribution < -0.4 is 5.56 Å². The Morgan fingerprint density at radius 1 is 1.17 bits per heavy atom. The molecule has 2 aromatic carbocycles.